The van der Waals surface area contributed by atoms with Gasteiger partial charge in [0.1, 0.15) is 29.3 Å². The van der Waals surface area contributed by atoms with E-state index in [4.69, 9.17) is 9.47 Å². The van der Waals surface area contributed by atoms with Crippen LogP contribution >= 0.6 is 0 Å². The van der Waals surface area contributed by atoms with Crippen LogP contribution in [0.5, 0.6) is 11.6 Å². The first-order chi connectivity index (χ1) is 13.1. The molecule has 1 saturated heterocycles. The molecule has 27 heavy (non-hydrogen) atoms. The highest BCUT2D eigenvalue weighted by molar-refractivity contribution is 5.92. The molecule has 1 aliphatic rings. The minimum Gasteiger partial charge on any atom is -0.496 e. The molecule has 0 aliphatic carbocycles. The Morgan fingerprint density at radius 3 is 2.85 bits per heavy atom. The van der Waals surface area contributed by atoms with Crippen LogP contribution in [0.1, 0.15) is 22.5 Å². The summed E-state index contributed by atoms with van der Waals surface area (Å²) in [6.07, 6.45) is 3.52. The van der Waals surface area contributed by atoms with Crippen LogP contribution in [0.2, 0.25) is 0 Å². The van der Waals surface area contributed by atoms with Gasteiger partial charge in [-0.1, -0.05) is 0 Å². The number of nitrogens with one attached hydrogen (secondary N) is 2. The molecule has 10 heteroatoms. The van der Waals surface area contributed by atoms with E-state index in [1.165, 1.54) is 32.7 Å². The van der Waals surface area contributed by atoms with Crippen molar-refractivity contribution in [3.63, 3.8) is 0 Å². The van der Waals surface area contributed by atoms with Gasteiger partial charge >= 0.3 is 5.97 Å². The number of anilines is 2. The lowest BCUT2D eigenvalue weighted by molar-refractivity contribution is 0.0596. The Balaban J connectivity index is 1.82. The van der Waals surface area contributed by atoms with Crippen LogP contribution in [0, 0.1) is 11.3 Å². The van der Waals surface area contributed by atoms with Gasteiger partial charge in [0.2, 0.25) is 5.69 Å². The summed E-state index contributed by atoms with van der Waals surface area (Å²) >= 11 is 0. The minimum absolute atomic E-state index is 0.0563. The summed E-state index contributed by atoms with van der Waals surface area (Å²) in [5.41, 5.74) is 0.313. The molecular weight excluding hydrogens is 352 g/mol. The topological polar surface area (TPSA) is 131 Å². The average Bonchev–Trinajstić information content (AvgIpc) is 3.20. The highest BCUT2D eigenvalue weighted by Gasteiger charge is 2.20. The van der Waals surface area contributed by atoms with E-state index in [0.717, 1.165) is 13.0 Å². The molecule has 1 aliphatic heterocycles. The Hall–Kier alpha value is -3.45. The van der Waals surface area contributed by atoms with Gasteiger partial charge in [-0.05, 0) is 13.0 Å². The van der Waals surface area contributed by atoms with Gasteiger partial charge in [-0.3, -0.25) is 0 Å². The molecule has 1 atom stereocenters. The van der Waals surface area contributed by atoms with Crippen LogP contribution in [0.4, 0.5) is 11.6 Å². The molecule has 1 unspecified atom stereocenters. The van der Waals surface area contributed by atoms with E-state index in [0.29, 0.717) is 23.9 Å². The fourth-order valence-electron chi connectivity index (χ4n) is 2.55. The van der Waals surface area contributed by atoms with Gasteiger partial charge in [-0.2, -0.15) is 10.2 Å². The molecule has 3 rings (SSSR count). The van der Waals surface area contributed by atoms with Gasteiger partial charge in [0.05, 0.1) is 20.4 Å². The van der Waals surface area contributed by atoms with E-state index < -0.39 is 5.97 Å². The average molecular weight is 370 g/mol. The quantitative estimate of drug-likeness (QED) is 0.710. The Kier molecular flexibility index (Phi) is 5.63. The number of rotatable bonds is 6. The number of ether oxygens (including phenoxy) is 3. The number of pyridine rings is 1. The Bertz CT molecular complexity index is 876. The van der Waals surface area contributed by atoms with Gasteiger partial charge < -0.3 is 24.8 Å². The SMILES string of the molecule is COC(=O)c1cnc(Nc2cnc(C#N)c(OC3CCNC3)n2)cc1OC. The summed E-state index contributed by atoms with van der Waals surface area (Å²) in [6, 6.07) is 3.51. The number of carbonyl (C=O) groups excluding carboxylic acids is 1. The van der Waals surface area contributed by atoms with Gasteiger partial charge in [0.15, 0.2) is 5.82 Å². The predicted octanol–water partition coefficient (Wildman–Crippen LogP) is 1.02. The normalized spacial score (nSPS) is 15.7. The summed E-state index contributed by atoms with van der Waals surface area (Å²) in [6.45, 7) is 1.55. The van der Waals surface area contributed by atoms with Crippen LogP contribution in [0.3, 0.4) is 0 Å². The second kappa shape index (κ2) is 8.29. The first-order valence-corrected chi connectivity index (χ1v) is 8.18. The molecule has 0 amide bonds. The van der Waals surface area contributed by atoms with Gasteiger partial charge in [-0.25, -0.2) is 14.8 Å². The maximum Gasteiger partial charge on any atom is 0.343 e. The van der Waals surface area contributed by atoms with Crippen molar-refractivity contribution in [2.75, 3.05) is 32.6 Å². The van der Waals surface area contributed by atoms with Crippen molar-refractivity contribution in [2.45, 2.75) is 12.5 Å². The molecule has 0 saturated carbocycles. The van der Waals surface area contributed by atoms with Crippen molar-refractivity contribution in [2.24, 2.45) is 0 Å². The number of hydrogen-bond donors (Lipinski definition) is 2. The fraction of sp³-hybridized carbons (Fsp3) is 0.353. The minimum atomic E-state index is -0.551. The summed E-state index contributed by atoms with van der Waals surface area (Å²) in [5.74, 6) is 0.635. The maximum atomic E-state index is 11.7. The van der Waals surface area contributed by atoms with Crippen molar-refractivity contribution in [1.29, 1.82) is 5.26 Å². The van der Waals surface area contributed by atoms with Crippen molar-refractivity contribution in [3.8, 4) is 17.7 Å². The zero-order valence-electron chi connectivity index (χ0n) is 14.9. The number of hydrogen-bond acceptors (Lipinski definition) is 10. The second-order valence-electron chi connectivity index (χ2n) is 5.64. The zero-order chi connectivity index (χ0) is 19.2. The number of esters is 1. The van der Waals surface area contributed by atoms with Crippen LogP contribution in [0.25, 0.3) is 0 Å². The highest BCUT2D eigenvalue weighted by Crippen LogP contribution is 2.25. The monoisotopic (exact) mass is 370 g/mol. The molecule has 3 heterocycles. The van der Waals surface area contributed by atoms with Crippen molar-refractivity contribution < 1.29 is 19.0 Å². The highest BCUT2D eigenvalue weighted by atomic mass is 16.5. The smallest absolute Gasteiger partial charge is 0.343 e. The van der Waals surface area contributed by atoms with Crippen molar-refractivity contribution >= 4 is 17.6 Å². The first kappa shape index (κ1) is 18.3. The summed E-state index contributed by atoms with van der Waals surface area (Å²) in [4.78, 5) is 24.2. The summed E-state index contributed by atoms with van der Waals surface area (Å²) in [5, 5.41) is 15.3. The molecule has 2 aromatic rings. The van der Waals surface area contributed by atoms with Crippen LogP contribution in [-0.2, 0) is 4.74 Å². The van der Waals surface area contributed by atoms with Crippen molar-refractivity contribution in [3.05, 3.63) is 29.7 Å². The van der Waals surface area contributed by atoms with Crippen molar-refractivity contribution in [1.82, 2.24) is 20.3 Å². The number of nitrogens with zero attached hydrogens (tertiary/aromatic N) is 4. The van der Waals surface area contributed by atoms with E-state index in [1.807, 2.05) is 6.07 Å². The third-order valence-electron chi connectivity index (χ3n) is 3.89. The lowest BCUT2D eigenvalue weighted by Gasteiger charge is -2.14. The molecule has 2 N–H and O–H groups in total. The fourth-order valence-corrected chi connectivity index (χ4v) is 2.55. The molecule has 2 aromatic heterocycles. The zero-order valence-corrected chi connectivity index (χ0v) is 14.9. The van der Waals surface area contributed by atoms with E-state index in [9.17, 15) is 10.1 Å². The summed E-state index contributed by atoms with van der Waals surface area (Å²) in [7, 11) is 2.72. The van der Waals surface area contributed by atoms with E-state index >= 15 is 0 Å². The molecule has 10 nitrogen and oxygen atoms in total. The molecule has 0 spiro atoms. The maximum absolute atomic E-state index is 11.7. The first-order valence-electron chi connectivity index (χ1n) is 8.18. The molecule has 0 bridgehead atoms. The molecule has 1 fully saturated rings. The third kappa shape index (κ3) is 4.21. The predicted molar refractivity (Wildman–Crippen MR) is 94.1 cm³/mol. The molecular formula is C17H18N6O4. The van der Waals surface area contributed by atoms with E-state index in [1.54, 1.807) is 0 Å². The lowest BCUT2D eigenvalue weighted by Crippen LogP contribution is -2.21. The number of aromatic nitrogens is 3. The van der Waals surface area contributed by atoms with Crippen LogP contribution in [0.15, 0.2) is 18.5 Å². The van der Waals surface area contributed by atoms with Crippen LogP contribution < -0.4 is 20.1 Å². The summed E-state index contributed by atoms with van der Waals surface area (Å²) < 4.78 is 15.7. The van der Waals surface area contributed by atoms with Gasteiger partial charge in [-0.15, -0.1) is 0 Å². The molecule has 0 radical (unpaired) electrons. The third-order valence-corrected chi connectivity index (χ3v) is 3.89. The second-order valence-corrected chi connectivity index (χ2v) is 5.64. The Morgan fingerprint density at radius 1 is 1.33 bits per heavy atom. The number of methoxy groups -OCH3 is 2. The van der Waals surface area contributed by atoms with E-state index in [-0.39, 0.29) is 23.2 Å². The molecule has 140 valence electrons. The van der Waals surface area contributed by atoms with E-state index in [2.05, 4.69) is 30.3 Å². The Labute approximate surface area is 155 Å². The van der Waals surface area contributed by atoms with Gasteiger partial charge in [0.25, 0.3) is 5.88 Å². The number of carbonyl (C=O) groups is 1. The Morgan fingerprint density at radius 2 is 2.19 bits per heavy atom. The standard InChI is InChI=1S/C17H18N6O4/c1-25-13-5-14(21-8-11(13)17(24)26-2)22-15-9-20-12(6-18)16(23-15)27-10-3-4-19-7-10/h5,8-10,19H,3-4,7H2,1-2H3,(H,21,22,23). The number of nitriles is 1. The largest absolute Gasteiger partial charge is 0.496 e. The molecule has 0 aromatic carbocycles. The lowest BCUT2D eigenvalue weighted by atomic mass is 10.2. The van der Waals surface area contributed by atoms with Crippen LogP contribution in [-0.4, -0.2) is 54.3 Å². The van der Waals surface area contributed by atoms with Gasteiger partial charge in [0, 0.05) is 18.8 Å².